The lowest BCUT2D eigenvalue weighted by molar-refractivity contribution is 0.514. The lowest BCUT2D eigenvalue weighted by atomic mass is 10.1. The zero-order chi connectivity index (χ0) is 72.1. The summed E-state index contributed by atoms with van der Waals surface area (Å²) in [4.78, 5) is 3.27. The van der Waals surface area contributed by atoms with E-state index in [0.29, 0.717) is 45.4 Å². The molecule has 0 radical (unpaired) electrons. The summed E-state index contributed by atoms with van der Waals surface area (Å²) in [6, 6.07) is 51.8. The fraction of sp³-hybridized carbons (Fsp3) is 0.131. The highest BCUT2D eigenvalue weighted by Crippen LogP contribution is 2.43. The number of nitrogens with zero attached hydrogens (tertiary/aromatic N) is 13. The Balaban J connectivity index is 0.000000152. The summed E-state index contributed by atoms with van der Waals surface area (Å²) >= 11 is 107. The van der Waals surface area contributed by atoms with Crippen molar-refractivity contribution in [3.05, 3.63) is 233 Å². The van der Waals surface area contributed by atoms with Gasteiger partial charge in [0, 0.05) is 38.4 Å². The first-order valence-corrected chi connectivity index (χ1v) is 34.1. The minimum Gasteiger partial charge on any atom is -0.416 e. The molecule has 7 aromatic carbocycles. The van der Waals surface area contributed by atoms with Crippen LogP contribution in [-0.4, -0.2) is 61.2 Å². The van der Waals surface area contributed by atoms with Gasteiger partial charge in [-0.1, -0.05) is 329 Å². The van der Waals surface area contributed by atoms with Gasteiger partial charge >= 0.3 is 0 Å². The second-order valence-electron chi connectivity index (χ2n) is 19.3. The van der Waals surface area contributed by atoms with E-state index in [0.717, 1.165) is 44.2 Å². The predicted molar refractivity (Wildman–Crippen MR) is 392 cm³/mol. The van der Waals surface area contributed by atoms with Crippen molar-refractivity contribution in [2.24, 2.45) is 0 Å². The molecule has 0 atom stereocenters. The van der Waals surface area contributed by atoms with E-state index in [1.54, 1.807) is 48.5 Å². The highest BCUT2D eigenvalue weighted by molar-refractivity contribution is 6.69. The average molecular weight is 1720 g/mol. The Bertz CT molecular complexity index is 4540. The fourth-order valence-corrected chi connectivity index (χ4v) is 8.79. The Morgan fingerprint density at radius 1 is 0.273 bits per heavy atom. The van der Waals surface area contributed by atoms with Gasteiger partial charge < -0.3 is 26.5 Å². The van der Waals surface area contributed by atoms with Gasteiger partial charge in [0.05, 0.1) is 6.57 Å². The highest BCUT2D eigenvalue weighted by Gasteiger charge is 2.35. The van der Waals surface area contributed by atoms with Crippen LogP contribution in [0.4, 0.5) is 5.69 Å². The van der Waals surface area contributed by atoms with Crippen LogP contribution in [0.1, 0.15) is 46.5 Å². The van der Waals surface area contributed by atoms with Crippen LogP contribution in [0.2, 0.25) is 5.02 Å². The number of fused-ring (bicyclic) bond motifs is 1. The molecule has 0 bridgehead atoms. The standard InChI is InChI=1S/C13H7Cl3N2O.C10H4Cl3N3O.2C10H7Cl3N2O.C9H4Cl4N2O.C9H5Cl3N2O/c14-13(15,16)12-18-17-11(19-12)10-6-5-8-3-1-2-4-9(8)7-10;1-14-7-4-2-6(3-5-7)8-15-16-9(17-8)10(11,12)13;2*1-6-2-4-7(5-3-6)8-14-15-9(16-8)10(11,12)13;10-6-3-1-5(2-4-6)7-14-15-8(16-7)9(11,12)13;10-9(11,12)8-14-13-7(15-8)6-4-2-1-3-5-6/h1-7H;2-5H;2*2-5H,1H3;1-4H;1-5H. The molecule has 6 heterocycles. The van der Waals surface area contributed by atoms with E-state index in [1.165, 1.54) is 0 Å². The van der Waals surface area contributed by atoms with Crippen molar-refractivity contribution in [2.75, 3.05) is 0 Å². The van der Waals surface area contributed by atoms with Crippen LogP contribution < -0.4 is 0 Å². The van der Waals surface area contributed by atoms with Gasteiger partial charge in [-0.3, -0.25) is 0 Å². The topological polar surface area (TPSA) is 238 Å². The Labute approximate surface area is 656 Å². The van der Waals surface area contributed by atoms with Crippen molar-refractivity contribution < 1.29 is 26.5 Å². The molecule has 0 spiro atoms. The van der Waals surface area contributed by atoms with Crippen LogP contribution in [0.25, 0.3) is 84.3 Å². The molecule has 13 aromatic rings. The third-order valence-corrected chi connectivity index (χ3v) is 15.1. The van der Waals surface area contributed by atoms with Crippen molar-refractivity contribution in [1.82, 2.24) is 61.2 Å². The van der Waals surface area contributed by atoms with Gasteiger partial charge in [-0.15, -0.1) is 61.2 Å². The maximum Gasteiger partial charge on any atom is 0.268 e. The third kappa shape index (κ3) is 23.8. The first-order valence-electron chi connectivity index (χ1n) is 26.9. The summed E-state index contributed by atoms with van der Waals surface area (Å²) in [5.74, 6) is 1.54. The monoisotopic (exact) mass is 1710 g/mol. The molecule has 0 saturated carbocycles. The normalized spacial score (nSPS) is 11.7. The van der Waals surface area contributed by atoms with Gasteiger partial charge in [0.2, 0.25) is 35.3 Å². The largest absolute Gasteiger partial charge is 0.416 e. The van der Waals surface area contributed by atoms with E-state index in [4.69, 9.17) is 253 Å². The molecule has 6 aromatic heterocycles. The SMILES string of the molecule is Cc1ccc(-c2nnc(C(Cl)(Cl)Cl)o2)cc1.Cc1ccc(-c2nnc(C(Cl)(Cl)Cl)o2)cc1.ClC(Cl)(Cl)c1nnc(-c2ccc3ccccc3c2)o1.ClC(Cl)(Cl)c1nnc(-c2ccccc2)o1.Clc1ccc(-c2nnc(C(Cl)(Cl)Cl)o2)cc1.[C-]#[N+]c1ccc(-c2nnc(C(Cl)(Cl)Cl)o2)cc1. The zero-order valence-electron chi connectivity index (χ0n) is 49.1. The molecule has 0 saturated heterocycles. The molecular weight excluding hydrogens is 1680 g/mol. The number of benzene rings is 7. The molecule has 0 fully saturated rings. The Hall–Kier alpha value is -5.36. The van der Waals surface area contributed by atoms with Gasteiger partial charge in [-0.05, 0) is 97.4 Å². The predicted octanol–water partition coefficient (Wildman–Crippen LogP) is 24.4. The molecule has 0 aliphatic heterocycles. The first kappa shape index (κ1) is 79.3. The van der Waals surface area contributed by atoms with Gasteiger partial charge in [0.1, 0.15) is 0 Å². The average Bonchev–Trinajstić information content (AvgIpc) is 1.79. The van der Waals surface area contributed by atoms with Crippen LogP contribution in [-0.2, 0) is 22.8 Å². The second kappa shape index (κ2) is 34.7. The van der Waals surface area contributed by atoms with Gasteiger partial charge in [0.25, 0.3) is 58.1 Å². The summed E-state index contributed by atoms with van der Waals surface area (Å²) in [6.07, 6.45) is 0. The van der Waals surface area contributed by atoms with E-state index in [1.807, 2.05) is 135 Å². The summed E-state index contributed by atoms with van der Waals surface area (Å²) in [5.41, 5.74) is 7.32. The summed E-state index contributed by atoms with van der Waals surface area (Å²) < 4.78 is 21.3. The van der Waals surface area contributed by atoms with Crippen molar-refractivity contribution in [3.63, 3.8) is 0 Å². The van der Waals surface area contributed by atoms with Crippen LogP contribution in [0.3, 0.4) is 0 Å². The molecule has 0 unspecified atom stereocenters. The summed E-state index contributed by atoms with van der Waals surface area (Å²) in [7, 11) is 0. The van der Waals surface area contributed by atoms with E-state index < -0.39 is 22.8 Å². The minimum atomic E-state index is -1.73. The Morgan fingerprint density at radius 3 is 0.798 bits per heavy atom. The Morgan fingerprint density at radius 2 is 0.515 bits per heavy atom. The minimum absolute atomic E-state index is 0.0342. The molecule has 13 rings (SSSR count). The fourth-order valence-electron chi connectivity index (χ4n) is 7.29. The summed E-state index contributed by atoms with van der Waals surface area (Å²) in [5, 5.41) is 47.7. The van der Waals surface area contributed by atoms with Crippen LogP contribution >= 0.6 is 220 Å². The number of hydrogen-bond donors (Lipinski definition) is 0. The molecule has 19 nitrogen and oxygen atoms in total. The number of aryl methyl sites for hydroxylation is 2. The van der Waals surface area contributed by atoms with Gasteiger partial charge in [0.15, 0.2) is 5.69 Å². The van der Waals surface area contributed by atoms with E-state index >= 15 is 0 Å². The number of rotatable bonds is 6. The maximum absolute atomic E-state index is 6.83. The lowest BCUT2D eigenvalue weighted by Crippen LogP contribution is -1.99. The number of aromatic nitrogens is 12. The van der Waals surface area contributed by atoms with Crippen molar-refractivity contribution in [2.45, 2.75) is 36.6 Å². The summed E-state index contributed by atoms with van der Waals surface area (Å²) in [6.45, 7) is 10.8. The smallest absolute Gasteiger partial charge is 0.268 e. The molecule has 0 amide bonds. The zero-order valence-corrected chi connectivity index (χ0v) is 63.5. The quantitative estimate of drug-likeness (QED) is 0.111. The van der Waals surface area contributed by atoms with Crippen LogP contribution in [0.5, 0.6) is 0 Å². The molecule has 99 heavy (non-hydrogen) atoms. The molecule has 0 aliphatic rings. The van der Waals surface area contributed by atoms with Crippen LogP contribution in [0.15, 0.2) is 196 Å². The van der Waals surface area contributed by atoms with Crippen molar-refractivity contribution in [3.8, 4) is 68.7 Å². The molecular formula is C61H34Cl19N13O6. The van der Waals surface area contributed by atoms with E-state index in [-0.39, 0.29) is 47.1 Å². The molecule has 38 heteroatoms. The van der Waals surface area contributed by atoms with Crippen LogP contribution in [0, 0.1) is 20.4 Å². The van der Waals surface area contributed by atoms with Gasteiger partial charge in [-0.25, -0.2) is 4.85 Å². The van der Waals surface area contributed by atoms with Crippen molar-refractivity contribution >= 4 is 237 Å². The van der Waals surface area contributed by atoms with Crippen molar-refractivity contribution in [1.29, 1.82) is 0 Å². The lowest BCUT2D eigenvalue weighted by Gasteiger charge is -2.03. The molecule has 0 N–H and O–H groups in total. The first-order chi connectivity index (χ1) is 46.5. The number of hydrogen-bond acceptors (Lipinski definition) is 18. The number of halogens is 19. The second-order valence-corrected chi connectivity index (χ2v) is 33.4. The Kier molecular flexibility index (Phi) is 27.8. The van der Waals surface area contributed by atoms with E-state index in [2.05, 4.69) is 66.0 Å². The third-order valence-electron chi connectivity index (χ3n) is 12.0. The maximum atomic E-state index is 6.83. The highest BCUT2D eigenvalue weighted by atomic mass is 35.6. The molecule has 0 aliphatic carbocycles. The number of alkyl halides is 18. The molecule has 512 valence electrons. The van der Waals surface area contributed by atoms with E-state index in [9.17, 15) is 0 Å². The van der Waals surface area contributed by atoms with Gasteiger partial charge in [-0.2, -0.15) is 0 Å².